The Morgan fingerprint density at radius 1 is 1.54 bits per heavy atom. The third kappa shape index (κ3) is 4.34. The molecule has 0 spiro atoms. The van der Waals surface area contributed by atoms with Gasteiger partial charge < -0.3 is 10.6 Å². The van der Waals surface area contributed by atoms with Crippen LogP contribution in [0.1, 0.15) is 19.8 Å². The van der Waals surface area contributed by atoms with E-state index in [9.17, 15) is 0 Å². The van der Waals surface area contributed by atoms with Crippen molar-refractivity contribution in [3.05, 3.63) is 0 Å². The molecule has 0 radical (unpaired) electrons. The summed E-state index contributed by atoms with van der Waals surface area (Å²) in [5.41, 5.74) is 5.64. The average Bonchev–Trinajstić information content (AvgIpc) is 2.60. The summed E-state index contributed by atoms with van der Waals surface area (Å²) in [6.07, 6.45) is 2.66. The van der Waals surface area contributed by atoms with Crippen LogP contribution in [0.4, 0.5) is 0 Å². The van der Waals surface area contributed by atoms with E-state index < -0.39 is 0 Å². The largest absolute Gasteiger partial charge is 0.330 e. The number of hydrogen-bond acceptors (Lipinski definition) is 3. The molecule has 0 aliphatic carbocycles. The quantitative estimate of drug-likeness (QED) is 0.660. The number of nitrogens with two attached hydrogens (primary N) is 1. The zero-order valence-electron chi connectivity index (χ0n) is 8.67. The Bertz CT molecular complexity index is 130. The molecule has 1 aliphatic rings. The average molecular weight is 202 g/mol. The van der Waals surface area contributed by atoms with Crippen molar-refractivity contribution in [3.8, 4) is 0 Å². The molecular formula is C10H22N2S. The molecule has 1 rings (SSSR count). The van der Waals surface area contributed by atoms with E-state index in [0.29, 0.717) is 0 Å². The molecule has 1 unspecified atom stereocenters. The van der Waals surface area contributed by atoms with Crippen molar-refractivity contribution in [1.29, 1.82) is 0 Å². The molecule has 2 N–H and O–H groups in total. The van der Waals surface area contributed by atoms with E-state index >= 15 is 0 Å². The number of thioether (sulfide) groups is 1. The molecule has 78 valence electrons. The van der Waals surface area contributed by atoms with Crippen LogP contribution in [-0.4, -0.2) is 42.6 Å². The SMILES string of the molecule is CCSCCCN1CCC(CN)C1. The van der Waals surface area contributed by atoms with E-state index in [1.54, 1.807) is 0 Å². The highest BCUT2D eigenvalue weighted by atomic mass is 32.2. The molecule has 0 aromatic heterocycles. The van der Waals surface area contributed by atoms with Crippen molar-refractivity contribution in [2.75, 3.05) is 37.7 Å². The molecule has 1 fully saturated rings. The van der Waals surface area contributed by atoms with E-state index in [1.165, 1.54) is 44.0 Å². The van der Waals surface area contributed by atoms with Crippen LogP contribution in [0.3, 0.4) is 0 Å². The summed E-state index contributed by atoms with van der Waals surface area (Å²) >= 11 is 2.05. The van der Waals surface area contributed by atoms with Gasteiger partial charge in [-0.25, -0.2) is 0 Å². The highest BCUT2D eigenvalue weighted by molar-refractivity contribution is 7.99. The molecule has 1 saturated heterocycles. The van der Waals surface area contributed by atoms with Crippen LogP contribution >= 0.6 is 11.8 Å². The lowest BCUT2D eigenvalue weighted by molar-refractivity contribution is 0.327. The summed E-state index contributed by atoms with van der Waals surface area (Å²) < 4.78 is 0. The maximum absolute atomic E-state index is 5.64. The lowest BCUT2D eigenvalue weighted by Crippen LogP contribution is -2.24. The van der Waals surface area contributed by atoms with Gasteiger partial charge in [0.05, 0.1) is 0 Å². The Balaban J connectivity index is 1.97. The van der Waals surface area contributed by atoms with Gasteiger partial charge in [0.1, 0.15) is 0 Å². The smallest absolute Gasteiger partial charge is 0.00222 e. The number of hydrogen-bond donors (Lipinski definition) is 1. The van der Waals surface area contributed by atoms with Gasteiger partial charge in [0.15, 0.2) is 0 Å². The van der Waals surface area contributed by atoms with Gasteiger partial charge >= 0.3 is 0 Å². The van der Waals surface area contributed by atoms with E-state index in [2.05, 4.69) is 11.8 Å². The second-order valence-electron chi connectivity index (χ2n) is 3.74. The van der Waals surface area contributed by atoms with Gasteiger partial charge in [0, 0.05) is 6.54 Å². The van der Waals surface area contributed by atoms with E-state index in [1.807, 2.05) is 11.8 Å². The second-order valence-corrected chi connectivity index (χ2v) is 5.14. The van der Waals surface area contributed by atoms with Crippen LogP contribution in [0, 0.1) is 5.92 Å². The number of likely N-dealkylation sites (tertiary alicyclic amines) is 1. The minimum absolute atomic E-state index is 0.777. The minimum atomic E-state index is 0.777. The first-order chi connectivity index (χ1) is 6.36. The van der Waals surface area contributed by atoms with Crippen LogP contribution in [0.15, 0.2) is 0 Å². The summed E-state index contributed by atoms with van der Waals surface area (Å²) in [6.45, 7) is 6.90. The van der Waals surface area contributed by atoms with Gasteiger partial charge in [-0.1, -0.05) is 6.92 Å². The van der Waals surface area contributed by atoms with Crippen molar-refractivity contribution in [3.63, 3.8) is 0 Å². The maximum atomic E-state index is 5.64. The molecule has 0 aromatic carbocycles. The van der Waals surface area contributed by atoms with Crippen molar-refractivity contribution in [2.24, 2.45) is 11.7 Å². The Labute approximate surface area is 86.2 Å². The summed E-state index contributed by atoms with van der Waals surface area (Å²) in [6, 6.07) is 0. The molecule has 0 aromatic rings. The Morgan fingerprint density at radius 3 is 3.00 bits per heavy atom. The number of rotatable bonds is 6. The van der Waals surface area contributed by atoms with Crippen molar-refractivity contribution >= 4 is 11.8 Å². The summed E-state index contributed by atoms with van der Waals surface area (Å²) in [4.78, 5) is 2.56. The topological polar surface area (TPSA) is 29.3 Å². The van der Waals surface area contributed by atoms with Crippen molar-refractivity contribution in [2.45, 2.75) is 19.8 Å². The van der Waals surface area contributed by atoms with Gasteiger partial charge in [-0.3, -0.25) is 0 Å². The lowest BCUT2D eigenvalue weighted by Gasteiger charge is -2.14. The van der Waals surface area contributed by atoms with Crippen molar-refractivity contribution in [1.82, 2.24) is 4.90 Å². The monoisotopic (exact) mass is 202 g/mol. The maximum Gasteiger partial charge on any atom is 0.00222 e. The summed E-state index contributed by atoms with van der Waals surface area (Å²) in [5, 5.41) is 0. The standard InChI is InChI=1S/C10H22N2S/c1-2-13-7-3-5-12-6-4-10(8-11)9-12/h10H,2-9,11H2,1H3. The van der Waals surface area contributed by atoms with Crippen LogP contribution in [0.25, 0.3) is 0 Å². The molecular weight excluding hydrogens is 180 g/mol. The normalized spacial score (nSPS) is 24.0. The predicted octanol–water partition coefficient (Wildman–Crippen LogP) is 1.41. The fourth-order valence-electron chi connectivity index (χ4n) is 1.84. The zero-order valence-corrected chi connectivity index (χ0v) is 9.48. The Morgan fingerprint density at radius 2 is 2.38 bits per heavy atom. The molecule has 1 atom stereocenters. The highest BCUT2D eigenvalue weighted by Crippen LogP contribution is 2.15. The van der Waals surface area contributed by atoms with Gasteiger partial charge in [-0.15, -0.1) is 0 Å². The van der Waals surface area contributed by atoms with Crippen molar-refractivity contribution < 1.29 is 0 Å². The summed E-state index contributed by atoms with van der Waals surface area (Å²) in [7, 11) is 0. The molecule has 0 saturated carbocycles. The first kappa shape index (κ1) is 11.3. The third-order valence-corrected chi connectivity index (χ3v) is 3.66. The molecule has 3 heteroatoms. The fourth-order valence-corrected chi connectivity index (χ4v) is 2.46. The molecule has 2 nitrogen and oxygen atoms in total. The Hall–Kier alpha value is 0.270. The van der Waals surface area contributed by atoms with E-state index in [0.717, 1.165) is 12.5 Å². The second kappa shape index (κ2) is 6.68. The molecule has 0 bridgehead atoms. The first-order valence-corrected chi connectivity index (χ1v) is 6.52. The Kier molecular flexibility index (Phi) is 5.83. The van der Waals surface area contributed by atoms with Gasteiger partial charge in [0.25, 0.3) is 0 Å². The molecule has 1 heterocycles. The lowest BCUT2D eigenvalue weighted by atomic mass is 10.1. The van der Waals surface area contributed by atoms with E-state index in [4.69, 9.17) is 5.73 Å². The third-order valence-electron chi connectivity index (χ3n) is 2.67. The first-order valence-electron chi connectivity index (χ1n) is 5.37. The predicted molar refractivity (Wildman–Crippen MR) is 61.2 cm³/mol. The van der Waals surface area contributed by atoms with Crippen LogP contribution < -0.4 is 5.73 Å². The van der Waals surface area contributed by atoms with Gasteiger partial charge in [-0.2, -0.15) is 11.8 Å². The molecule has 13 heavy (non-hydrogen) atoms. The van der Waals surface area contributed by atoms with E-state index in [-0.39, 0.29) is 0 Å². The molecule has 1 aliphatic heterocycles. The van der Waals surface area contributed by atoms with Gasteiger partial charge in [-0.05, 0) is 49.9 Å². The number of nitrogens with zero attached hydrogens (tertiary/aromatic N) is 1. The zero-order chi connectivity index (χ0) is 9.52. The van der Waals surface area contributed by atoms with Crippen LogP contribution in [0.5, 0.6) is 0 Å². The van der Waals surface area contributed by atoms with Crippen LogP contribution in [-0.2, 0) is 0 Å². The van der Waals surface area contributed by atoms with Crippen LogP contribution in [0.2, 0.25) is 0 Å². The fraction of sp³-hybridized carbons (Fsp3) is 1.00. The molecule has 0 amide bonds. The highest BCUT2D eigenvalue weighted by Gasteiger charge is 2.19. The van der Waals surface area contributed by atoms with Gasteiger partial charge in [0.2, 0.25) is 0 Å². The minimum Gasteiger partial charge on any atom is -0.330 e. The summed E-state index contributed by atoms with van der Waals surface area (Å²) in [5.74, 6) is 3.35.